The average Bonchev–Trinajstić information content (AvgIpc) is 2.25. The summed E-state index contributed by atoms with van der Waals surface area (Å²) in [6, 6.07) is -0.215. The number of nitrogens with two attached hydrogens (primary N) is 1. The van der Waals surface area contributed by atoms with Crippen molar-refractivity contribution in [3.63, 3.8) is 0 Å². The standard InChI is InChI=1S/C11H21N3O3/c1-8(2)13-11(16)9-7-17-6-5-14(9)4-3-10(12)15/h8-9H,3-7H2,1-2H3,(H2,12,15)(H,13,16). The highest BCUT2D eigenvalue weighted by molar-refractivity contribution is 5.82. The first kappa shape index (κ1) is 13.9. The van der Waals surface area contributed by atoms with E-state index in [4.69, 9.17) is 10.5 Å². The summed E-state index contributed by atoms with van der Waals surface area (Å²) in [6.45, 7) is 5.95. The SMILES string of the molecule is CC(C)NC(=O)C1COCCN1CCC(N)=O. The number of primary amides is 1. The Kier molecular flexibility index (Phi) is 5.37. The Morgan fingerprint density at radius 3 is 2.82 bits per heavy atom. The zero-order chi connectivity index (χ0) is 12.8. The molecule has 0 saturated carbocycles. The van der Waals surface area contributed by atoms with Crippen LogP contribution < -0.4 is 11.1 Å². The van der Waals surface area contributed by atoms with Crippen molar-refractivity contribution in [1.82, 2.24) is 10.2 Å². The molecule has 1 saturated heterocycles. The molecule has 1 aliphatic rings. The van der Waals surface area contributed by atoms with Gasteiger partial charge in [0.15, 0.2) is 0 Å². The van der Waals surface area contributed by atoms with Crippen LogP contribution in [0.2, 0.25) is 0 Å². The molecule has 6 nitrogen and oxygen atoms in total. The van der Waals surface area contributed by atoms with Crippen LogP contribution in [-0.2, 0) is 14.3 Å². The first-order chi connectivity index (χ1) is 8.00. The molecule has 0 aliphatic carbocycles. The molecule has 1 aliphatic heterocycles. The summed E-state index contributed by atoms with van der Waals surface area (Å²) in [4.78, 5) is 24.6. The van der Waals surface area contributed by atoms with Crippen LogP contribution >= 0.6 is 0 Å². The zero-order valence-corrected chi connectivity index (χ0v) is 10.4. The third-order valence-electron chi connectivity index (χ3n) is 2.62. The van der Waals surface area contributed by atoms with Crippen LogP contribution in [0, 0.1) is 0 Å². The molecule has 1 atom stereocenters. The lowest BCUT2D eigenvalue weighted by Crippen LogP contribution is -2.55. The van der Waals surface area contributed by atoms with E-state index in [9.17, 15) is 9.59 Å². The Morgan fingerprint density at radius 1 is 1.53 bits per heavy atom. The zero-order valence-electron chi connectivity index (χ0n) is 10.4. The van der Waals surface area contributed by atoms with E-state index in [0.29, 0.717) is 26.3 Å². The smallest absolute Gasteiger partial charge is 0.239 e. The van der Waals surface area contributed by atoms with Gasteiger partial charge in [-0.05, 0) is 13.8 Å². The van der Waals surface area contributed by atoms with E-state index in [0.717, 1.165) is 0 Å². The van der Waals surface area contributed by atoms with Gasteiger partial charge >= 0.3 is 0 Å². The molecule has 0 radical (unpaired) electrons. The Bertz CT molecular complexity index is 281. The minimum Gasteiger partial charge on any atom is -0.378 e. The fraction of sp³-hybridized carbons (Fsp3) is 0.818. The van der Waals surface area contributed by atoms with Gasteiger partial charge in [-0.25, -0.2) is 0 Å². The van der Waals surface area contributed by atoms with Crippen LogP contribution in [0.3, 0.4) is 0 Å². The lowest BCUT2D eigenvalue weighted by atomic mass is 10.2. The molecule has 1 fully saturated rings. The van der Waals surface area contributed by atoms with Crippen molar-refractivity contribution >= 4 is 11.8 Å². The quantitative estimate of drug-likeness (QED) is 0.654. The van der Waals surface area contributed by atoms with Crippen LogP contribution in [0.25, 0.3) is 0 Å². The largest absolute Gasteiger partial charge is 0.378 e. The Balaban J connectivity index is 2.52. The number of amides is 2. The van der Waals surface area contributed by atoms with Crippen molar-refractivity contribution in [2.24, 2.45) is 5.73 Å². The fourth-order valence-corrected chi connectivity index (χ4v) is 1.78. The summed E-state index contributed by atoms with van der Waals surface area (Å²) < 4.78 is 5.30. The minimum atomic E-state index is -0.348. The van der Waals surface area contributed by atoms with Gasteiger partial charge in [-0.1, -0.05) is 0 Å². The Hall–Kier alpha value is -1.14. The number of ether oxygens (including phenoxy) is 1. The number of carbonyl (C=O) groups is 2. The van der Waals surface area contributed by atoms with E-state index in [1.54, 1.807) is 0 Å². The molecular weight excluding hydrogens is 222 g/mol. The van der Waals surface area contributed by atoms with Crippen LogP contribution in [0.5, 0.6) is 0 Å². The van der Waals surface area contributed by atoms with E-state index in [-0.39, 0.29) is 30.3 Å². The number of morpholine rings is 1. The molecule has 3 N–H and O–H groups in total. The number of rotatable bonds is 5. The second-order valence-corrected chi connectivity index (χ2v) is 4.51. The lowest BCUT2D eigenvalue weighted by Gasteiger charge is -2.34. The molecule has 0 spiro atoms. The van der Waals surface area contributed by atoms with Crippen molar-refractivity contribution in [3.8, 4) is 0 Å². The van der Waals surface area contributed by atoms with Crippen molar-refractivity contribution in [1.29, 1.82) is 0 Å². The molecule has 1 rings (SSSR count). The van der Waals surface area contributed by atoms with Gasteiger partial charge in [0.2, 0.25) is 11.8 Å². The fourth-order valence-electron chi connectivity index (χ4n) is 1.78. The van der Waals surface area contributed by atoms with Gasteiger partial charge in [-0.15, -0.1) is 0 Å². The lowest BCUT2D eigenvalue weighted by molar-refractivity contribution is -0.134. The summed E-state index contributed by atoms with van der Waals surface area (Å²) in [5.41, 5.74) is 5.11. The first-order valence-electron chi connectivity index (χ1n) is 5.91. The number of nitrogens with zero attached hydrogens (tertiary/aromatic N) is 1. The second-order valence-electron chi connectivity index (χ2n) is 4.51. The van der Waals surface area contributed by atoms with Crippen molar-refractivity contribution in [3.05, 3.63) is 0 Å². The third-order valence-corrected chi connectivity index (χ3v) is 2.62. The van der Waals surface area contributed by atoms with Crippen LogP contribution in [0.1, 0.15) is 20.3 Å². The average molecular weight is 243 g/mol. The highest BCUT2D eigenvalue weighted by Gasteiger charge is 2.29. The Labute approximate surface area is 101 Å². The molecule has 6 heteroatoms. The van der Waals surface area contributed by atoms with Crippen LogP contribution in [-0.4, -0.2) is 55.1 Å². The maximum Gasteiger partial charge on any atom is 0.239 e. The van der Waals surface area contributed by atoms with Crippen LogP contribution in [0.4, 0.5) is 0 Å². The highest BCUT2D eigenvalue weighted by Crippen LogP contribution is 2.08. The summed E-state index contributed by atoms with van der Waals surface area (Å²) in [5, 5.41) is 2.85. The predicted molar refractivity (Wildman–Crippen MR) is 63.3 cm³/mol. The second kappa shape index (κ2) is 6.56. The predicted octanol–water partition coefficient (Wildman–Crippen LogP) is -0.913. The number of hydrogen-bond donors (Lipinski definition) is 2. The summed E-state index contributed by atoms with van der Waals surface area (Å²) in [5.74, 6) is -0.399. The molecule has 1 unspecified atom stereocenters. The molecule has 0 aromatic rings. The summed E-state index contributed by atoms with van der Waals surface area (Å²) in [6.07, 6.45) is 0.269. The van der Waals surface area contributed by atoms with E-state index >= 15 is 0 Å². The first-order valence-corrected chi connectivity index (χ1v) is 5.91. The molecule has 17 heavy (non-hydrogen) atoms. The van der Waals surface area contributed by atoms with E-state index in [1.807, 2.05) is 18.7 Å². The van der Waals surface area contributed by atoms with Gasteiger partial charge in [-0.2, -0.15) is 0 Å². The molecular formula is C11H21N3O3. The van der Waals surface area contributed by atoms with Gasteiger partial charge in [-0.3, -0.25) is 14.5 Å². The van der Waals surface area contributed by atoms with Crippen molar-refractivity contribution in [2.75, 3.05) is 26.3 Å². The molecule has 98 valence electrons. The Morgan fingerprint density at radius 2 is 2.24 bits per heavy atom. The van der Waals surface area contributed by atoms with Gasteiger partial charge in [0, 0.05) is 25.6 Å². The van der Waals surface area contributed by atoms with Gasteiger partial charge < -0.3 is 15.8 Å². The maximum absolute atomic E-state index is 11.9. The van der Waals surface area contributed by atoms with Gasteiger partial charge in [0.25, 0.3) is 0 Å². The summed E-state index contributed by atoms with van der Waals surface area (Å²) in [7, 11) is 0. The number of carbonyl (C=O) groups excluding carboxylic acids is 2. The molecule has 2 amide bonds. The molecule has 0 aromatic carbocycles. The third kappa shape index (κ3) is 4.70. The molecule has 1 heterocycles. The van der Waals surface area contributed by atoms with Crippen molar-refractivity contribution in [2.45, 2.75) is 32.4 Å². The van der Waals surface area contributed by atoms with E-state index in [2.05, 4.69) is 5.32 Å². The van der Waals surface area contributed by atoms with Crippen molar-refractivity contribution < 1.29 is 14.3 Å². The highest BCUT2D eigenvalue weighted by atomic mass is 16.5. The monoisotopic (exact) mass is 243 g/mol. The summed E-state index contributed by atoms with van der Waals surface area (Å²) >= 11 is 0. The minimum absolute atomic E-state index is 0.0517. The molecule has 0 bridgehead atoms. The number of hydrogen-bond acceptors (Lipinski definition) is 4. The normalized spacial score (nSPS) is 21.5. The van der Waals surface area contributed by atoms with E-state index in [1.165, 1.54) is 0 Å². The van der Waals surface area contributed by atoms with E-state index < -0.39 is 0 Å². The molecule has 0 aromatic heterocycles. The maximum atomic E-state index is 11.9. The number of nitrogens with one attached hydrogen (secondary N) is 1. The topological polar surface area (TPSA) is 84.7 Å². The van der Waals surface area contributed by atoms with Gasteiger partial charge in [0.05, 0.1) is 13.2 Å². The van der Waals surface area contributed by atoms with Gasteiger partial charge in [0.1, 0.15) is 6.04 Å². The van der Waals surface area contributed by atoms with Crippen LogP contribution in [0.15, 0.2) is 0 Å².